The zero-order chi connectivity index (χ0) is 25.2. The fourth-order valence-electron chi connectivity index (χ4n) is 4.37. The number of halogens is 3. The highest BCUT2D eigenvalue weighted by Crippen LogP contribution is 2.29. The van der Waals surface area contributed by atoms with Gasteiger partial charge in [-0.25, -0.2) is 15.1 Å². The van der Waals surface area contributed by atoms with Crippen LogP contribution in [0.15, 0.2) is 23.4 Å². The molecule has 2 aliphatic heterocycles. The molecule has 35 heavy (non-hydrogen) atoms. The van der Waals surface area contributed by atoms with Gasteiger partial charge in [-0.3, -0.25) is 9.59 Å². The molecule has 4 rings (SSSR count). The maximum Gasteiger partial charge on any atom is 0.419 e. The Hall–Kier alpha value is -3.22. The third-order valence-corrected chi connectivity index (χ3v) is 6.40. The van der Waals surface area contributed by atoms with E-state index >= 15 is 0 Å². The molecule has 0 spiro atoms. The smallest absolute Gasteiger partial charge is 0.379 e. The highest BCUT2D eigenvalue weighted by Gasteiger charge is 2.38. The average Bonchev–Trinajstić information content (AvgIpc) is 3.20. The number of carbonyl (C=O) groups is 1. The summed E-state index contributed by atoms with van der Waals surface area (Å²) in [5.41, 5.74) is 0.00951. The predicted molar refractivity (Wildman–Crippen MR) is 121 cm³/mol. The highest BCUT2D eigenvalue weighted by atomic mass is 19.4. The third kappa shape index (κ3) is 5.72. The number of H-pyrrole nitrogens is 1. The average molecular weight is 496 g/mol. The molecular formula is C22H28F3N7O3. The molecule has 2 aromatic heterocycles. The Labute approximate surface area is 199 Å². The van der Waals surface area contributed by atoms with Gasteiger partial charge < -0.3 is 19.9 Å². The minimum atomic E-state index is -4.47. The van der Waals surface area contributed by atoms with E-state index in [-0.39, 0.29) is 29.5 Å². The number of nitrogens with one attached hydrogen (secondary N) is 2. The molecule has 0 unspecified atom stereocenters. The lowest BCUT2D eigenvalue weighted by atomic mass is 10.0. The quantitative estimate of drug-likeness (QED) is 0.599. The number of ether oxygens (including phenoxy) is 1. The highest BCUT2D eigenvalue weighted by molar-refractivity contribution is 5.83. The van der Waals surface area contributed by atoms with Gasteiger partial charge in [0, 0.05) is 56.1 Å². The van der Waals surface area contributed by atoms with Crippen molar-refractivity contribution in [3.05, 3.63) is 40.1 Å². The van der Waals surface area contributed by atoms with Gasteiger partial charge in [-0.15, -0.1) is 0 Å². The second-order valence-corrected chi connectivity index (χ2v) is 8.91. The third-order valence-electron chi connectivity index (χ3n) is 6.40. The lowest BCUT2D eigenvalue weighted by Crippen LogP contribution is -2.47. The lowest BCUT2D eigenvalue weighted by Gasteiger charge is -2.36. The Bertz CT molecular complexity index is 1080. The number of alkyl halides is 3. The van der Waals surface area contributed by atoms with E-state index in [1.807, 2.05) is 16.7 Å². The lowest BCUT2D eigenvalue weighted by molar-refractivity contribution is -0.139. The maximum atomic E-state index is 12.9. The van der Waals surface area contributed by atoms with E-state index in [2.05, 4.69) is 25.5 Å². The Morgan fingerprint density at radius 1 is 1.14 bits per heavy atom. The number of aromatic amines is 1. The summed E-state index contributed by atoms with van der Waals surface area (Å²) in [6.45, 7) is 5.59. The first kappa shape index (κ1) is 24.9. The first-order valence-corrected chi connectivity index (χ1v) is 11.5. The monoisotopic (exact) mass is 495 g/mol. The number of piperidine rings is 1. The van der Waals surface area contributed by atoms with E-state index in [9.17, 15) is 22.8 Å². The van der Waals surface area contributed by atoms with E-state index in [1.54, 1.807) is 6.92 Å². The van der Waals surface area contributed by atoms with Crippen molar-refractivity contribution in [3.8, 4) is 0 Å². The first-order chi connectivity index (χ1) is 16.6. The number of aromatic nitrogens is 4. The van der Waals surface area contributed by atoms with Gasteiger partial charge in [-0.1, -0.05) is 0 Å². The Balaban J connectivity index is 1.24. The summed E-state index contributed by atoms with van der Waals surface area (Å²) in [5.74, 6) is 0.216. The molecule has 0 saturated carbocycles. The summed E-state index contributed by atoms with van der Waals surface area (Å²) < 4.78 is 44.1. The summed E-state index contributed by atoms with van der Waals surface area (Å²) in [6, 6.07) is -0.0896. The number of hydrogen-bond donors (Lipinski definition) is 2. The van der Waals surface area contributed by atoms with E-state index in [1.165, 1.54) is 6.20 Å². The van der Waals surface area contributed by atoms with Crippen molar-refractivity contribution in [2.75, 3.05) is 36.5 Å². The molecule has 2 fully saturated rings. The summed E-state index contributed by atoms with van der Waals surface area (Å²) in [6.07, 6.45) is 0.0927. The molecule has 4 heterocycles. The minimum Gasteiger partial charge on any atom is -0.379 e. The molecule has 0 bridgehead atoms. The van der Waals surface area contributed by atoms with E-state index in [0.717, 1.165) is 12.4 Å². The molecule has 190 valence electrons. The number of rotatable bonds is 7. The van der Waals surface area contributed by atoms with Gasteiger partial charge >= 0.3 is 6.18 Å². The van der Waals surface area contributed by atoms with E-state index < -0.39 is 17.8 Å². The van der Waals surface area contributed by atoms with Crippen LogP contribution in [0, 0.1) is 6.92 Å². The number of anilines is 2. The van der Waals surface area contributed by atoms with Crippen molar-refractivity contribution in [2.45, 2.75) is 57.5 Å². The van der Waals surface area contributed by atoms with Crippen LogP contribution in [0.4, 0.5) is 24.8 Å². The molecule has 10 nitrogen and oxygen atoms in total. The fraction of sp³-hybridized carbons (Fsp3) is 0.591. The summed E-state index contributed by atoms with van der Waals surface area (Å²) >= 11 is 0. The first-order valence-electron chi connectivity index (χ1n) is 11.5. The van der Waals surface area contributed by atoms with Crippen molar-refractivity contribution >= 4 is 17.5 Å². The second-order valence-electron chi connectivity index (χ2n) is 8.91. The van der Waals surface area contributed by atoms with Crippen molar-refractivity contribution in [3.63, 3.8) is 0 Å². The normalized spacial score (nSPS) is 20.4. The molecule has 0 aromatic carbocycles. The largest absolute Gasteiger partial charge is 0.419 e. The van der Waals surface area contributed by atoms with Gasteiger partial charge in [-0.05, 0) is 26.7 Å². The molecule has 0 radical (unpaired) electrons. The predicted octanol–water partition coefficient (Wildman–Crippen LogP) is 1.97. The van der Waals surface area contributed by atoms with Crippen LogP contribution in [0.5, 0.6) is 0 Å². The molecule has 2 aromatic rings. The molecule has 2 aliphatic rings. The van der Waals surface area contributed by atoms with Crippen molar-refractivity contribution < 1.29 is 22.7 Å². The van der Waals surface area contributed by atoms with Gasteiger partial charge in [0.25, 0.3) is 11.5 Å². The standard InChI is InChI=1S/C22H28F3N7O3/c1-13(29-17-11-28-30-19(33)14(17)2)12-35-18-5-8-32(20(18)34)16-3-6-31(7-4-16)21-26-9-15(10-27-21)22(23,24)25/h9-11,13,16,18H,3-8,12H2,1-2H3,(H2,29,30,33)/t13-,18-/m0/s1. The molecule has 13 heteroatoms. The van der Waals surface area contributed by atoms with Gasteiger partial charge in [0.2, 0.25) is 5.95 Å². The number of carbonyl (C=O) groups excluding carboxylic acids is 1. The molecule has 1 amide bonds. The van der Waals surface area contributed by atoms with E-state index in [0.29, 0.717) is 56.8 Å². The zero-order valence-corrected chi connectivity index (χ0v) is 19.5. The maximum absolute atomic E-state index is 12.9. The minimum absolute atomic E-state index is 0.0436. The van der Waals surface area contributed by atoms with Gasteiger partial charge in [0.15, 0.2) is 0 Å². The van der Waals surface area contributed by atoms with Crippen LogP contribution in [0.2, 0.25) is 0 Å². The van der Waals surface area contributed by atoms with Gasteiger partial charge in [0.1, 0.15) is 6.10 Å². The van der Waals surface area contributed by atoms with Gasteiger partial charge in [0.05, 0.1) is 24.1 Å². The van der Waals surface area contributed by atoms with Crippen LogP contribution in [-0.4, -0.2) is 75.4 Å². The molecule has 2 atom stereocenters. The number of nitrogens with zero attached hydrogens (tertiary/aromatic N) is 5. The van der Waals surface area contributed by atoms with Gasteiger partial charge in [-0.2, -0.15) is 18.3 Å². The zero-order valence-electron chi connectivity index (χ0n) is 19.5. The SMILES string of the molecule is Cc1c(N[C@@H](C)CO[C@H]2CCN(C3CCN(c4ncc(C(F)(F)F)cn4)CC3)C2=O)cn[nH]c1=O. The molecular weight excluding hydrogens is 467 g/mol. The van der Waals surface area contributed by atoms with Crippen LogP contribution >= 0.6 is 0 Å². The van der Waals surface area contributed by atoms with Crippen LogP contribution in [0.3, 0.4) is 0 Å². The Morgan fingerprint density at radius 3 is 2.49 bits per heavy atom. The number of amides is 1. The summed E-state index contributed by atoms with van der Waals surface area (Å²) in [4.78, 5) is 36.0. The van der Waals surface area contributed by atoms with E-state index in [4.69, 9.17) is 4.74 Å². The van der Waals surface area contributed by atoms with Crippen molar-refractivity contribution in [1.82, 2.24) is 25.1 Å². The van der Waals surface area contributed by atoms with Crippen molar-refractivity contribution in [1.29, 1.82) is 0 Å². The number of hydrogen-bond acceptors (Lipinski definition) is 8. The molecule has 2 saturated heterocycles. The number of likely N-dealkylation sites (tertiary alicyclic amines) is 1. The fourth-order valence-corrected chi connectivity index (χ4v) is 4.37. The Morgan fingerprint density at radius 2 is 1.83 bits per heavy atom. The molecule has 2 N–H and O–H groups in total. The Kier molecular flexibility index (Phi) is 7.24. The summed E-state index contributed by atoms with van der Waals surface area (Å²) in [7, 11) is 0. The van der Waals surface area contributed by atoms with Crippen LogP contribution in [0.1, 0.15) is 37.3 Å². The topological polar surface area (TPSA) is 116 Å². The second kappa shape index (κ2) is 10.2. The molecule has 0 aliphatic carbocycles. The van der Waals surface area contributed by atoms with Crippen LogP contribution in [-0.2, 0) is 15.7 Å². The van der Waals surface area contributed by atoms with Crippen LogP contribution in [0.25, 0.3) is 0 Å². The van der Waals surface area contributed by atoms with Crippen LogP contribution < -0.4 is 15.8 Å². The van der Waals surface area contributed by atoms with Crippen molar-refractivity contribution in [2.24, 2.45) is 0 Å². The summed E-state index contributed by atoms with van der Waals surface area (Å²) in [5, 5.41) is 9.35.